The van der Waals surface area contributed by atoms with Crippen molar-refractivity contribution >= 4 is 23.4 Å². The second-order valence-electron chi connectivity index (χ2n) is 7.17. The van der Waals surface area contributed by atoms with Gasteiger partial charge < -0.3 is 10.1 Å². The molecule has 0 aliphatic rings. The van der Waals surface area contributed by atoms with E-state index in [4.69, 9.17) is 4.74 Å². The summed E-state index contributed by atoms with van der Waals surface area (Å²) in [7, 11) is 1.63. The first kappa shape index (κ1) is 21.6. The maximum Gasteiger partial charge on any atom is 0.234 e. The normalized spacial score (nSPS) is 10.7. The second kappa shape index (κ2) is 9.65. The minimum atomic E-state index is -0.105. The SMILES string of the molecule is COc1cccc(-n2c(SCC(=O)Nc3cccc(C)c3C)nnc2-c2cccnc2)c1. The van der Waals surface area contributed by atoms with Gasteiger partial charge in [-0.05, 0) is 55.3 Å². The highest BCUT2D eigenvalue weighted by Crippen LogP contribution is 2.29. The summed E-state index contributed by atoms with van der Waals surface area (Å²) in [5.74, 6) is 1.45. The molecule has 0 saturated carbocycles. The van der Waals surface area contributed by atoms with Crippen LogP contribution in [-0.4, -0.2) is 38.5 Å². The molecule has 1 N–H and O–H groups in total. The number of carbonyl (C=O) groups excluding carboxylic acids is 1. The van der Waals surface area contributed by atoms with E-state index in [0.717, 1.165) is 33.8 Å². The van der Waals surface area contributed by atoms with Gasteiger partial charge in [-0.25, -0.2) is 0 Å². The Kier molecular flexibility index (Phi) is 6.51. The molecule has 4 aromatic rings. The fourth-order valence-electron chi connectivity index (χ4n) is 3.23. The summed E-state index contributed by atoms with van der Waals surface area (Å²) >= 11 is 1.32. The molecule has 0 spiro atoms. The highest BCUT2D eigenvalue weighted by Gasteiger charge is 2.18. The molecule has 2 aromatic heterocycles. The number of hydrogen-bond donors (Lipinski definition) is 1. The Hall–Kier alpha value is -3.65. The number of amides is 1. The van der Waals surface area contributed by atoms with Gasteiger partial charge in [-0.1, -0.05) is 30.0 Å². The maximum atomic E-state index is 12.7. The van der Waals surface area contributed by atoms with Crippen molar-refractivity contribution in [1.29, 1.82) is 0 Å². The predicted molar refractivity (Wildman–Crippen MR) is 126 cm³/mol. The molecule has 1 amide bonds. The zero-order chi connectivity index (χ0) is 22.5. The van der Waals surface area contributed by atoms with Crippen molar-refractivity contribution in [3.05, 3.63) is 78.1 Å². The molecule has 4 rings (SSSR count). The first-order chi connectivity index (χ1) is 15.6. The van der Waals surface area contributed by atoms with Crippen molar-refractivity contribution in [1.82, 2.24) is 19.7 Å². The number of hydrogen-bond acceptors (Lipinski definition) is 6. The number of aryl methyl sites for hydroxylation is 1. The van der Waals surface area contributed by atoms with Gasteiger partial charge in [0, 0.05) is 29.7 Å². The summed E-state index contributed by atoms with van der Waals surface area (Å²) in [5.41, 5.74) is 4.68. The van der Waals surface area contributed by atoms with E-state index in [1.807, 2.05) is 73.0 Å². The van der Waals surface area contributed by atoms with Gasteiger partial charge in [0.05, 0.1) is 18.6 Å². The Labute approximate surface area is 190 Å². The van der Waals surface area contributed by atoms with Crippen LogP contribution >= 0.6 is 11.8 Å². The number of carbonyl (C=O) groups is 1. The summed E-state index contributed by atoms with van der Waals surface area (Å²) < 4.78 is 7.30. The number of ether oxygens (including phenoxy) is 1. The lowest BCUT2D eigenvalue weighted by molar-refractivity contribution is -0.113. The molecule has 2 heterocycles. The third-order valence-corrected chi connectivity index (χ3v) is 6.00. The van der Waals surface area contributed by atoms with Gasteiger partial charge in [0.25, 0.3) is 0 Å². The zero-order valence-electron chi connectivity index (χ0n) is 18.1. The smallest absolute Gasteiger partial charge is 0.234 e. The van der Waals surface area contributed by atoms with Gasteiger partial charge >= 0.3 is 0 Å². The van der Waals surface area contributed by atoms with Crippen LogP contribution in [0.4, 0.5) is 5.69 Å². The highest BCUT2D eigenvalue weighted by atomic mass is 32.2. The first-order valence-corrected chi connectivity index (χ1v) is 11.0. The summed E-state index contributed by atoms with van der Waals surface area (Å²) in [6.45, 7) is 4.02. The number of pyridine rings is 1. The van der Waals surface area contributed by atoms with Crippen LogP contribution in [0.25, 0.3) is 17.1 Å². The van der Waals surface area contributed by atoms with E-state index >= 15 is 0 Å². The van der Waals surface area contributed by atoms with Gasteiger partial charge in [0.1, 0.15) is 5.75 Å². The minimum absolute atomic E-state index is 0.105. The van der Waals surface area contributed by atoms with Crippen LogP contribution < -0.4 is 10.1 Å². The maximum absolute atomic E-state index is 12.7. The molecule has 8 heteroatoms. The third-order valence-electron chi connectivity index (χ3n) is 5.08. The number of nitrogens with one attached hydrogen (secondary N) is 1. The summed E-state index contributed by atoms with van der Waals surface area (Å²) in [5, 5.41) is 12.3. The van der Waals surface area contributed by atoms with Crippen LogP contribution in [0.2, 0.25) is 0 Å². The van der Waals surface area contributed by atoms with E-state index in [9.17, 15) is 4.79 Å². The summed E-state index contributed by atoms with van der Waals surface area (Å²) in [4.78, 5) is 16.9. The van der Waals surface area contributed by atoms with E-state index < -0.39 is 0 Å². The molecule has 0 fully saturated rings. The van der Waals surface area contributed by atoms with Crippen molar-refractivity contribution in [2.24, 2.45) is 0 Å². The van der Waals surface area contributed by atoms with Crippen LogP contribution in [0.1, 0.15) is 11.1 Å². The Morgan fingerprint density at radius 1 is 1.09 bits per heavy atom. The van der Waals surface area contributed by atoms with Gasteiger partial charge in [-0.2, -0.15) is 0 Å². The predicted octanol–water partition coefficient (Wildman–Crippen LogP) is 4.69. The molecule has 0 atom stereocenters. The number of nitrogens with zero attached hydrogens (tertiary/aromatic N) is 4. The topological polar surface area (TPSA) is 81.9 Å². The largest absolute Gasteiger partial charge is 0.497 e. The van der Waals surface area contributed by atoms with Crippen molar-refractivity contribution < 1.29 is 9.53 Å². The molecular weight excluding hydrogens is 422 g/mol. The molecular formula is C24H23N5O2S. The van der Waals surface area contributed by atoms with E-state index in [1.165, 1.54) is 11.8 Å². The molecule has 2 aromatic carbocycles. The van der Waals surface area contributed by atoms with E-state index in [1.54, 1.807) is 19.5 Å². The van der Waals surface area contributed by atoms with Crippen molar-refractivity contribution in [3.8, 4) is 22.8 Å². The number of benzene rings is 2. The lowest BCUT2D eigenvalue weighted by atomic mass is 10.1. The first-order valence-electron chi connectivity index (χ1n) is 10.1. The Bertz CT molecular complexity index is 1240. The minimum Gasteiger partial charge on any atom is -0.497 e. The standard InChI is InChI=1S/C24H23N5O2S/c1-16-7-4-11-21(17(16)2)26-22(30)15-32-24-28-27-23(18-8-6-12-25-14-18)29(24)19-9-5-10-20(13-19)31-3/h4-14H,15H2,1-3H3,(H,26,30). The summed E-state index contributed by atoms with van der Waals surface area (Å²) in [6, 6.07) is 17.3. The monoisotopic (exact) mass is 445 g/mol. The fourth-order valence-corrected chi connectivity index (χ4v) is 3.98. The van der Waals surface area contributed by atoms with Gasteiger partial charge in [-0.15, -0.1) is 10.2 Å². The molecule has 162 valence electrons. The van der Waals surface area contributed by atoms with Crippen molar-refractivity contribution in [2.45, 2.75) is 19.0 Å². The molecule has 0 unspecified atom stereocenters. The highest BCUT2D eigenvalue weighted by molar-refractivity contribution is 7.99. The van der Waals surface area contributed by atoms with Crippen LogP contribution in [0.15, 0.2) is 72.1 Å². The average Bonchev–Trinajstić information content (AvgIpc) is 3.25. The number of aromatic nitrogens is 4. The van der Waals surface area contributed by atoms with E-state index in [-0.39, 0.29) is 11.7 Å². The molecule has 0 aliphatic heterocycles. The number of rotatable bonds is 7. The molecule has 0 saturated heterocycles. The van der Waals surface area contributed by atoms with E-state index in [0.29, 0.717) is 11.0 Å². The third kappa shape index (κ3) is 4.65. The average molecular weight is 446 g/mol. The quantitative estimate of drug-likeness (QED) is 0.416. The van der Waals surface area contributed by atoms with Gasteiger partial charge in [-0.3, -0.25) is 14.3 Å². The summed E-state index contributed by atoms with van der Waals surface area (Å²) in [6.07, 6.45) is 3.45. The Morgan fingerprint density at radius 3 is 2.72 bits per heavy atom. The lowest BCUT2D eigenvalue weighted by Crippen LogP contribution is -2.15. The number of thioether (sulfide) groups is 1. The van der Waals surface area contributed by atoms with E-state index in [2.05, 4.69) is 20.5 Å². The molecule has 0 radical (unpaired) electrons. The van der Waals surface area contributed by atoms with Crippen molar-refractivity contribution in [2.75, 3.05) is 18.2 Å². The van der Waals surface area contributed by atoms with Gasteiger partial charge in [0.15, 0.2) is 11.0 Å². The molecule has 32 heavy (non-hydrogen) atoms. The molecule has 0 bridgehead atoms. The Balaban J connectivity index is 1.61. The number of methoxy groups -OCH3 is 1. The molecule has 0 aliphatic carbocycles. The van der Waals surface area contributed by atoms with Crippen LogP contribution in [0, 0.1) is 13.8 Å². The lowest BCUT2D eigenvalue weighted by Gasteiger charge is -2.12. The van der Waals surface area contributed by atoms with Crippen LogP contribution in [0.3, 0.4) is 0 Å². The van der Waals surface area contributed by atoms with Crippen molar-refractivity contribution in [3.63, 3.8) is 0 Å². The van der Waals surface area contributed by atoms with Crippen LogP contribution in [0.5, 0.6) is 5.75 Å². The van der Waals surface area contributed by atoms with Crippen LogP contribution in [-0.2, 0) is 4.79 Å². The Morgan fingerprint density at radius 2 is 1.94 bits per heavy atom. The zero-order valence-corrected chi connectivity index (χ0v) is 18.9. The second-order valence-corrected chi connectivity index (χ2v) is 8.11. The van der Waals surface area contributed by atoms with Gasteiger partial charge in [0.2, 0.25) is 5.91 Å². The molecule has 7 nitrogen and oxygen atoms in total. The fraction of sp³-hybridized carbons (Fsp3) is 0.167. The number of anilines is 1.